The summed E-state index contributed by atoms with van der Waals surface area (Å²) in [4.78, 5) is 134. The number of hydrogen-bond acceptors (Lipinski definition) is 22. The van der Waals surface area contributed by atoms with Crippen molar-refractivity contribution in [3.05, 3.63) is 301 Å². The molecule has 11 heterocycles. The van der Waals surface area contributed by atoms with Crippen LogP contribution in [0.5, 0.6) is 0 Å². The molecule has 5 aliphatic heterocycles. The molecule has 26 nitrogen and oxygen atoms in total. The van der Waals surface area contributed by atoms with Crippen LogP contribution in [0.4, 0.5) is 43.8 Å². The predicted octanol–water partition coefficient (Wildman–Crippen LogP) is 13.0. The van der Waals surface area contributed by atoms with Gasteiger partial charge in [-0.15, -0.1) is 12.4 Å². The average Bonchev–Trinajstić information content (AvgIpc) is 1.58. The fourth-order valence-corrected chi connectivity index (χ4v) is 18.5. The summed E-state index contributed by atoms with van der Waals surface area (Å²) in [6.07, 6.45) is 17.5. The zero-order chi connectivity index (χ0) is 94.3. The van der Waals surface area contributed by atoms with Gasteiger partial charge in [0.2, 0.25) is 28.9 Å². The molecule has 6 aromatic carbocycles. The Hall–Kier alpha value is -12.3. The second-order valence-electron chi connectivity index (χ2n) is 34.2. The fraction of sp³-hybridized carbons (Fsp3) is 0.303. The average molecular weight is 1890 g/mol. The number of ether oxygens (including phenoxy) is 2. The van der Waals surface area contributed by atoms with Gasteiger partial charge in [-0.25, -0.2) is 41.3 Å². The first-order chi connectivity index (χ1) is 63.7. The molecule has 1 unspecified atom stereocenters. The van der Waals surface area contributed by atoms with Crippen LogP contribution in [0.15, 0.2) is 183 Å². The van der Waals surface area contributed by atoms with Crippen molar-refractivity contribution in [1.82, 2.24) is 40.1 Å². The van der Waals surface area contributed by atoms with Gasteiger partial charge in [-0.3, -0.25) is 58.1 Å². The van der Waals surface area contributed by atoms with Gasteiger partial charge in [-0.2, -0.15) is 0 Å². The van der Waals surface area contributed by atoms with E-state index in [4.69, 9.17) is 31.8 Å². The van der Waals surface area contributed by atoms with E-state index in [0.29, 0.717) is 124 Å². The van der Waals surface area contributed by atoms with Gasteiger partial charge < -0.3 is 56.8 Å². The number of nitrogens with one attached hydrogen (secondary N) is 4. The molecule has 8 aliphatic rings. The van der Waals surface area contributed by atoms with Crippen molar-refractivity contribution in [1.29, 1.82) is 0 Å². The van der Waals surface area contributed by atoms with Gasteiger partial charge in [-0.05, 0) is 267 Å². The van der Waals surface area contributed by atoms with Gasteiger partial charge >= 0.3 is 36.9 Å². The summed E-state index contributed by atoms with van der Waals surface area (Å²) < 4.78 is 104. The Morgan fingerprint density at radius 1 is 0.504 bits per heavy atom. The van der Waals surface area contributed by atoms with E-state index in [0.717, 1.165) is 152 Å². The molecular weight excluding hydrogens is 1800 g/mol. The molecule has 6 atom stereocenters. The minimum absolute atomic E-state index is 0. The van der Waals surface area contributed by atoms with Crippen LogP contribution >= 0.6 is 24.0 Å². The van der Waals surface area contributed by atoms with E-state index >= 15 is 0 Å². The summed E-state index contributed by atoms with van der Waals surface area (Å²) in [5.74, 6) is -4.14. The number of amides is 4. The summed E-state index contributed by atoms with van der Waals surface area (Å²) >= 11 is 5.26. The maximum Gasteiger partial charge on any atom is 1.00 e. The number of hydrogen-bond donors (Lipinski definition) is 5. The van der Waals surface area contributed by atoms with Gasteiger partial charge in [0.15, 0.2) is 6.29 Å². The Morgan fingerprint density at radius 2 is 0.852 bits per heavy atom. The maximum absolute atomic E-state index is 14.1. The van der Waals surface area contributed by atoms with Crippen molar-refractivity contribution in [2.24, 2.45) is 17.6 Å². The summed E-state index contributed by atoms with van der Waals surface area (Å²) in [5, 5.41) is 14.8. The summed E-state index contributed by atoms with van der Waals surface area (Å²) in [6, 6.07) is 39.0. The van der Waals surface area contributed by atoms with Crippen LogP contribution in [0.1, 0.15) is 175 Å². The Morgan fingerprint density at radius 3 is 1.22 bits per heavy atom. The minimum atomic E-state index is -1.59. The Kier molecular flexibility index (Phi) is 32.0. The monoisotopic (exact) mass is 1890 g/mol. The number of benzene rings is 6. The smallest absolute Gasteiger partial charge is 1.00 e. The molecule has 6 aromatic heterocycles. The summed E-state index contributed by atoms with van der Waals surface area (Å²) in [6.45, 7) is 11.8. The predicted molar refractivity (Wildman–Crippen MR) is 490 cm³/mol. The second kappa shape index (κ2) is 43.1. The topological polar surface area (TPSA) is 354 Å². The van der Waals surface area contributed by atoms with E-state index in [1.807, 2.05) is 73.8 Å². The van der Waals surface area contributed by atoms with Gasteiger partial charge in [-0.1, -0.05) is 18.2 Å². The number of halogens is 8. The maximum atomic E-state index is 14.1. The molecule has 2 saturated heterocycles. The molecule has 20 rings (SSSR count). The van der Waals surface area contributed by atoms with Crippen LogP contribution in [0.3, 0.4) is 0 Å². The third-order valence-corrected chi connectivity index (χ3v) is 25.3. The zero-order valence-electron chi connectivity index (χ0n) is 75.7. The van der Waals surface area contributed by atoms with E-state index in [9.17, 15) is 69.5 Å². The number of pyridine rings is 6. The number of carbonyl (C=O) groups is 9. The molecule has 3 aliphatic carbocycles. The van der Waals surface area contributed by atoms with Crippen molar-refractivity contribution in [2.45, 2.75) is 153 Å². The van der Waals surface area contributed by atoms with Crippen LogP contribution in [-0.2, 0) is 130 Å². The molecule has 36 heteroatoms. The van der Waals surface area contributed by atoms with Crippen LogP contribution in [0.2, 0.25) is 0 Å². The van der Waals surface area contributed by atoms with Crippen molar-refractivity contribution in [3.8, 4) is 0 Å². The molecule has 6 N–H and O–H groups in total. The Labute approximate surface area is 807 Å². The third kappa shape index (κ3) is 22.8. The molecule has 12 aromatic rings. The van der Waals surface area contributed by atoms with E-state index < -0.39 is 82.4 Å². The first-order valence-electron chi connectivity index (χ1n) is 43.3. The molecular formula is C99H94BCl2F6N12NaO14. The summed E-state index contributed by atoms with van der Waals surface area (Å²) in [7, 11) is -1.59. The number of aromatic nitrogens is 6. The van der Waals surface area contributed by atoms with E-state index in [2.05, 4.69) is 90.5 Å². The Balaban J connectivity index is 0.000000158. The SMILES string of the molecule is CC(=O)OB(OC(C)=O)OC(C)=O.CC(N)c1cc(F)cc(F)c1.C[C@@H](c1cc(F)cc(F)c1)N(Cc1cnc2cc3c(cc2c1)C[C@@]1(C3)C(=O)Nc2ncccc21)C(=O)C1CCOCC1.C[C@H](NCc1cnc2cc3c(cc2c1)C[C@@]1(C3)C(=O)Nc2ncccc21)c1cc(F)cc(F)c1.Cl.O=C(Cl)C1CCOCC1.O=Cc1cnc2cc3c(cc2c1)C[C@@]1(C3)C(=O)Nc2ncccc21.[H-].[Na+]. The first-order valence-corrected chi connectivity index (χ1v) is 43.6. The van der Waals surface area contributed by atoms with Gasteiger partial charge in [0.05, 0.1) is 38.8 Å². The summed E-state index contributed by atoms with van der Waals surface area (Å²) in [5.41, 5.74) is 19.5. The van der Waals surface area contributed by atoms with Crippen LogP contribution in [-0.4, -0.2) is 122 Å². The van der Waals surface area contributed by atoms with E-state index in [-0.39, 0.29) is 103 Å². The molecule has 135 heavy (non-hydrogen) atoms. The standard InChI is InChI=1S/C33H30F2N4O3.C27H22F2N4O.C19H13N3O2.C8H9F2N.C6H9BO6.C6H9ClO2.ClH.Na.H/c1-19(22-11-26(34)14-27(35)12-22)39(31(40)21-4-7-42-8-5-21)18-20-9-23-10-24-15-33(16-25(24)13-29(23)37-17-20)28-3-2-6-36-30(28)38-32(33)41;1-15(17-7-21(28)10-22(29)8-17)31-13-16-5-18-6-19-11-27(12-20(19)9-24(18)32-14-16)23-3-2-4-30-25(23)33-26(27)34;23-10-11-4-12-5-13-7-19(8-14(13)6-16(12)21-9-11)15-2-1-3-20-17(15)22-18(19)24;1-5(11)6-2-7(9)4-8(10)3-6;1-4(8)11-7(12-5(2)9)13-6(3)10;7-6(8)5-1-3-9-4-2-5;;;/h2-3,6,9-14,17,19,21H,4-5,7-8,15-16,18H2,1H3,(H,36,38,41);2-10,14-15,31H,11-13H2,1H3,(H,30,33,34);1-6,9-10H,7-8H2,(H,20,22,24);2-5H,11H2,1H3;1-3H3;5H,1-4H2;1H;;/q;;;;;;;+1;-1/t19-,33-;15-,27-;19-;;;;;;/m000....../s1. The number of aldehydes is 1. The second-order valence-corrected chi connectivity index (χ2v) is 34.6. The molecule has 4 amide bonds. The number of nitrogens with two attached hydrogens (primary N) is 1. The molecule has 694 valence electrons. The van der Waals surface area contributed by atoms with Gasteiger partial charge in [0, 0.05) is 178 Å². The van der Waals surface area contributed by atoms with Crippen LogP contribution in [0, 0.1) is 46.7 Å². The number of nitrogens with zero attached hydrogens (tertiary/aromatic N) is 7. The molecule has 3 spiro atoms. The third-order valence-electron chi connectivity index (χ3n) is 25.0. The number of anilines is 3. The quantitative estimate of drug-likeness (QED) is 0.0275. The Bertz CT molecular complexity index is 6520. The van der Waals surface area contributed by atoms with Gasteiger partial charge in [0.1, 0.15) is 52.4 Å². The van der Waals surface area contributed by atoms with Crippen LogP contribution < -0.4 is 56.6 Å². The largest absolute Gasteiger partial charge is 1.00 e. The molecule has 0 radical (unpaired) electrons. The van der Waals surface area contributed by atoms with Crippen molar-refractivity contribution in [3.63, 3.8) is 0 Å². The van der Waals surface area contributed by atoms with Crippen LogP contribution in [0.25, 0.3) is 32.7 Å². The van der Waals surface area contributed by atoms with E-state index in [1.165, 1.54) is 36.4 Å². The zero-order valence-corrected chi connectivity index (χ0v) is 78.2. The normalized spacial score (nSPS) is 18.3. The number of carbonyl (C=O) groups excluding carboxylic acids is 9. The van der Waals surface area contributed by atoms with Crippen molar-refractivity contribution >= 4 is 135 Å². The van der Waals surface area contributed by atoms with Crippen molar-refractivity contribution in [2.75, 3.05) is 42.4 Å². The van der Waals surface area contributed by atoms with Crippen molar-refractivity contribution < 1.29 is 124 Å². The van der Waals surface area contributed by atoms with E-state index in [1.54, 1.807) is 49.7 Å². The minimum Gasteiger partial charge on any atom is -1.00 e. The molecule has 2 fully saturated rings. The first kappa shape index (κ1) is 100. The van der Waals surface area contributed by atoms with Gasteiger partial charge in [0.25, 0.3) is 17.9 Å². The number of rotatable bonds is 15. The number of fused-ring (bicyclic) bond motifs is 12. The molecule has 0 bridgehead atoms. The fourth-order valence-electron chi connectivity index (χ4n) is 18.3. The molecule has 0 saturated carbocycles.